The summed E-state index contributed by atoms with van der Waals surface area (Å²) in [6.07, 6.45) is 2.10. The highest BCUT2D eigenvalue weighted by Gasteiger charge is 2.29. The number of ether oxygens (including phenoxy) is 1. The van der Waals surface area contributed by atoms with Crippen LogP contribution in [0.2, 0.25) is 0 Å². The first-order chi connectivity index (χ1) is 7.35. The summed E-state index contributed by atoms with van der Waals surface area (Å²) in [6.45, 7) is 15.2. The van der Waals surface area contributed by atoms with Crippen LogP contribution in [0.1, 0.15) is 47.5 Å². The molecule has 94 valence electrons. The Bertz CT molecular complexity index is 240. The number of carbonyl (C=O) groups excluding carboxylic acids is 1. The molecule has 0 amide bonds. The number of hydrogen-bond donors (Lipinski definition) is 0. The third-order valence-corrected chi connectivity index (χ3v) is 2.44. The van der Waals surface area contributed by atoms with Gasteiger partial charge in [0, 0.05) is 18.7 Å². The van der Waals surface area contributed by atoms with Crippen LogP contribution in [0, 0.1) is 0 Å². The van der Waals surface area contributed by atoms with Gasteiger partial charge >= 0.3 is 5.97 Å². The summed E-state index contributed by atoms with van der Waals surface area (Å²) in [7, 11) is 0. The van der Waals surface area contributed by atoms with Crippen LogP contribution >= 0.6 is 0 Å². The normalized spacial score (nSPS) is 11.6. The lowest BCUT2D eigenvalue weighted by molar-refractivity contribution is -0.172. The Hall–Kier alpha value is -0.830. The summed E-state index contributed by atoms with van der Waals surface area (Å²) in [5.41, 5.74) is -0.108. The van der Waals surface area contributed by atoms with Gasteiger partial charge in [0.1, 0.15) is 0 Å². The Kier molecular flexibility index (Phi) is 6.34. The highest BCUT2D eigenvalue weighted by Crippen LogP contribution is 2.18. The van der Waals surface area contributed by atoms with Gasteiger partial charge in [0.2, 0.25) is 0 Å². The van der Waals surface area contributed by atoms with Crippen LogP contribution < -0.4 is 0 Å². The molecular formula is C13H25NO2. The quantitative estimate of drug-likeness (QED) is 0.380. The summed E-state index contributed by atoms with van der Waals surface area (Å²) < 4.78 is 5.45. The zero-order valence-corrected chi connectivity index (χ0v) is 11.3. The third-order valence-electron chi connectivity index (χ3n) is 2.44. The van der Waals surface area contributed by atoms with Crippen LogP contribution in [-0.4, -0.2) is 29.7 Å². The standard InChI is InChI=1S/C13H25NO2/c1-7-9-14(10-8-2)13(5,6)16-12(15)11(3)4/h3,7-10H2,1-2,4-6H3. The second-order valence-corrected chi connectivity index (χ2v) is 4.60. The Labute approximate surface area is 99.5 Å². The molecule has 0 aliphatic carbocycles. The summed E-state index contributed by atoms with van der Waals surface area (Å²) in [5, 5.41) is 0. The van der Waals surface area contributed by atoms with E-state index in [1.165, 1.54) is 0 Å². The predicted octanol–water partition coefficient (Wildman–Crippen LogP) is 2.96. The summed E-state index contributed by atoms with van der Waals surface area (Å²) >= 11 is 0. The van der Waals surface area contributed by atoms with Crippen molar-refractivity contribution in [1.29, 1.82) is 0 Å². The van der Waals surface area contributed by atoms with E-state index < -0.39 is 5.72 Å². The Morgan fingerprint density at radius 2 is 1.69 bits per heavy atom. The Morgan fingerprint density at radius 3 is 2.00 bits per heavy atom. The van der Waals surface area contributed by atoms with E-state index in [0.29, 0.717) is 5.57 Å². The second-order valence-electron chi connectivity index (χ2n) is 4.60. The van der Waals surface area contributed by atoms with Gasteiger partial charge in [0.15, 0.2) is 5.72 Å². The van der Waals surface area contributed by atoms with Crippen LogP contribution in [0.25, 0.3) is 0 Å². The van der Waals surface area contributed by atoms with E-state index >= 15 is 0 Å². The molecule has 0 aliphatic heterocycles. The minimum atomic E-state index is -0.554. The zero-order valence-electron chi connectivity index (χ0n) is 11.3. The molecule has 3 nitrogen and oxygen atoms in total. The third kappa shape index (κ3) is 4.79. The smallest absolute Gasteiger partial charge is 0.334 e. The van der Waals surface area contributed by atoms with Crippen molar-refractivity contribution in [3.63, 3.8) is 0 Å². The zero-order chi connectivity index (χ0) is 12.8. The average Bonchev–Trinajstić information content (AvgIpc) is 2.16. The summed E-state index contributed by atoms with van der Waals surface area (Å²) in [6, 6.07) is 0. The van der Waals surface area contributed by atoms with E-state index in [9.17, 15) is 4.79 Å². The van der Waals surface area contributed by atoms with Gasteiger partial charge in [-0.25, -0.2) is 4.79 Å². The fraction of sp³-hybridized carbons (Fsp3) is 0.769. The lowest BCUT2D eigenvalue weighted by Gasteiger charge is -2.37. The van der Waals surface area contributed by atoms with Crippen molar-refractivity contribution < 1.29 is 9.53 Å². The lowest BCUT2D eigenvalue weighted by atomic mass is 10.2. The molecule has 0 fully saturated rings. The van der Waals surface area contributed by atoms with Crippen LogP contribution in [0.5, 0.6) is 0 Å². The van der Waals surface area contributed by atoms with Gasteiger partial charge < -0.3 is 4.74 Å². The number of nitrogens with zero attached hydrogens (tertiary/aromatic N) is 1. The average molecular weight is 227 g/mol. The highest BCUT2D eigenvalue weighted by atomic mass is 16.6. The highest BCUT2D eigenvalue weighted by molar-refractivity contribution is 5.87. The van der Waals surface area contributed by atoms with E-state index in [0.717, 1.165) is 25.9 Å². The predicted molar refractivity (Wildman–Crippen MR) is 67.1 cm³/mol. The van der Waals surface area contributed by atoms with Crippen molar-refractivity contribution in [2.45, 2.75) is 53.2 Å². The second kappa shape index (κ2) is 6.69. The molecule has 0 saturated heterocycles. The topological polar surface area (TPSA) is 29.5 Å². The number of rotatable bonds is 7. The summed E-state index contributed by atoms with van der Waals surface area (Å²) in [4.78, 5) is 13.7. The van der Waals surface area contributed by atoms with Crippen molar-refractivity contribution >= 4 is 5.97 Å². The molecule has 0 saturated carbocycles. The molecule has 0 N–H and O–H groups in total. The maximum absolute atomic E-state index is 11.5. The molecule has 3 heteroatoms. The van der Waals surface area contributed by atoms with Crippen molar-refractivity contribution in [3.8, 4) is 0 Å². The van der Waals surface area contributed by atoms with Gasteiger partial charge in [-0.1, -0.05) is 20.4 Å². The number of carbonyl (C=O) groups is 1. The van der Waals surface area contributed by atoms with Crippen LogP contribution in [0.3, 0.4) is 0 Å². The Balaban J connectivity index is 4.56. The molecule has 0 aromatic carbocycles. The first-order valence-corrected chi connectivity index (χ1v) is 5.99. The fourth-order valence-electron chi connectivity index (χ4n) is 1.57. The fourth-order valence-corrected chi connectivity index (χ4v) is 1.57. The first kappa shape index (κ1) is 15.2. The van der Waals surface area contributed by atoms with E-state index in [1.807, 2.05) is 13.8 Å². The molecular weight excluding hydrogens is 202 g/mol. The van der Waals surface area contributed by atoms with Crippen LogP contribution in [0.15, 0.2) is 12.2 Å². The molecule has 0 heterocycles. The van der Waals surface area contributed by atoms with Gasteiger partial charge in [0.05, 0.1) is 0 Å². The van der Waals surface area contributed by atoms with Crippen molar-refractivity contribution in [2.75, 3.05) is 13.1 Å². The van der Waals surface area contributed by atoms with Gasteiger partial charge in [-0.05, 0) is 33.6 Å². The molecule has 0 unspecified atom stereocenters. The van der Waals surface area contributed by atoms with Gasteiger partial charge in [-0.3, -0.25) is 4.90 Å². The molecule has 0 aromatic heterocycles. The molecule has 0 spiro atoms. The monoisotopic (exact) mass is 227 g/mol. The van der Waals surface area contributed by atoms with Crippen LogP contribution in [-0.2, 0) is 9.53 Å². The number of hydrogen-bond acceptors (Lipinski definition) is 3. The van der Waals surface area contributed by atoms with E-state index in [2.05, 4.69) is 25.3 Å². The molecule has 16 heavy (non-hydrogen) atoms. The van der Waals surface area contributed by atoms with Crippen molar-refractivity contribution in [1.82, 2.24) is 4.90 Å². The minimum Gasteiger partial charge on any atom is -0.441 e. The summed E-state index contributed by atoms with van der Waals surface area (Å²) in [5.74, 6) is -0.317. The number of esters is 1. The first-order valence-electron chi connectivity index (χ1n) is 5.99. The molecule has 0 atom stereocenters. The van der Waals surface area contributed by atoms with Crippen molar-refractivity contribution in [3.05, 3.63) is 12.2 Å². The van der Waals surface area contributed by atoms with Crippen molar-refractivity contribution in [2.24, 2.45) is 0 Å². The molecule has 0 rings (SSSR count). The van der Waals surface area contributed by atoms with E-state index in [1.54, 1.807) is 6.92 Å². The lowest BCUT2D eigenvalue weighted by Crippen LogP contribution is -2.48. The van der Waals surface area contributed by atoms with Gasteiger partial charge in [-0.2, -0.15) is 0 Å². The molecule has 0 aromatic rings. The Morgan fingerprint density at radius 1 is 1.25 bits per heavy atom. The van der Waals surface area contributed by atoms with E-state index in [-0.39, 0.29) is 5.97 Å². The van der Waals surface area contributed by atoms with Gasteiger partial charge in [0.25, 0.3) is 0 Å². The maximum atomic E-state index is 11.5. The maximum Gasteiger partial charge on any atom is 0.334 e. The molecule has 0 radical (unpaired) electrons. The van der Waals surface area contributed by atoms with Crippen LogP contribution in [0.4, 0.5) is 0 Å². The molecule has 0 aliphatic rings. The SMILES string of the molecule is C=C(C)C(=O)OC(C)(C)N(CCC)CCC. The van der Waals surface area contributed by atoms with E-state index in [4.69, 9.17) is 4.74 Å². The molecule has 0 bridgehead atoms. The largest absolute Gasteiger partial charge is 0.441 e. The minimum absolute atomic E-state index is 0.317. The van der Waals surface area contributed by atoms with Gasteiger partial charge in [-0.15, -0.1) is 0 Å².